The molecule has 0 aliphatic rings. The van der Waals surface area contributed by atoms with E-state index in [0.717, 1.165) is 33.1 Å². The molecule has 0 aliphatic carbocycles. The molecule has 0 radical (unpaired) electrons. The molecule has 0 unspecified atom stereocenters. The molecule has 3 rings (SSSR count). The van der Waals surface area contributed by atoms with Gasteiger partial charge in [0.25, 0.3) is 0 Å². The van der Waals surface area contributed by atoms with Gasteiger partial charge in [-0.1, -0.05) is 94.9 Å². The molecule has 4 heteroatoms. The standard InChI is InChI=1S/C32H46O2Si2/c1-21(2)35(22(3)4,23(5)6)19-15-29-27-13-17-34-32(27)30(28-14-18-33-31(28)29)16-20-36(24(7)8,25(9)10)26(11)12/h13-14,17-18,21-26H,1-12H3. The van der Waals surface area contributed by atoms with Crippen molar-refractivity contribution in [1.82, 2.24) is 0 Å². The van der Waals surface area contributed by atoms with E-state index in [9.17, 15) is 0 Å². The lowest BCUT2D eigenvalue weighted by Gasteiger charge is -2.38. The van der Waals surface area contributed by atoms with Crippen molar-refractivity contribution in [3.8, 4) is 22.9 Å². The van der Waals surface area contributed by atoms with Crippen molar-refractivity contribution in [3.63, 3.8) is 0 Å². The molecule has 1 aromatic carbocycles. The highest BCUT2D eigenvalue weighted by Crippen LogP contribution is 2.43. The van der Waals surface area contributed by atoms with E-state index in [1.807, 2.05) is 12.1 Å². The molecular weight excluding hydrogens is 473 g/mol. The Morgan fingerprint density at radius 2 is 0.778 bits per heavy atom. The molecule has 0 atom stereocenters. The minimum atomic E-state index is -1.89. The first-order chi connectivity index (χ1) is 16.8. The first-order valence-corrected chi connectivity index (χ1v) is 18.2. The molecule has 3 aromatic rings. The third-order valence-corrected chi connectivity index (χ3v) is 21.4. The highest BCUT2D eigenvalue weighted by atomic mass is 28.3. The summed E-state index contributed by atoms with van der Waals surface area (Å²) in [5.74, 6) is 7.32. The first-order valence-electron chi connectivity index (χ1n) is 13.8. The van der Waals surface area contributed by atoms with Gasteiger partial charge in [-0.05, 0) is 45.4 Å². The number of rotatable bonds is 6. The lowest BCUT2D eigenvalue weighted by Crippen LogP contribution is -2.43. The van der Waals surface area contributed by atoms with E-state index in [1.54, 1.807) is 12.5 Å². The van der Waals surface area contributed by atoms with Crippen molar-refractivity contribution in [2.45, 2.75) is 116 Å². The fourth-order valence-electron chi connectivity index (χ4n) is 7.10. The van der Waals surface area contributed by atoms with Gasteiger partial charge in [-0.25, -0.2) is 0 Å². The largest absolute Gasteiger partial charge is 0.463 e. The zero-order valence-electron chi connectivity index (χ0n) is 24.6. The van der Waals surface area contributed by atoms with E-state index in [-0.39, 0.29) is 0 Å². The van der Waals surface area contributed by atoms with Gasteiger partial charge in [0.1, 0.15) is 16.1 Å². The second-order valence-electron chi connectivity index (χ2n) is 12.4. The predicted octanol–water partition coefficient (Wildman–Crippen LogP) is 10.3. The van der Waals surface area contributed by atoms with E-state index >= 15 is 0 Å². The van der Waals surface area contributed by atoms with E-state index in [0.29, 0.717) is 33.2 Å². The SMILES string of the molecule is CC(C)[Si](C#Cc1c2ccoc2c(C#C[Si](C(C)C)(C(C)C)C(C)C)c2ccoc12)(C(C)C)C(C)C. The van der Waals surface area contributed by atoms with Gasteiger partial charge < -0.3 is 8.83 Å². The van der Waals surface area contributed by atoms with Crippen LogP contribution < -0.4 is 0 Å². The summed E-state index contributed by atoms with van der Waals surface area (Å²) < 4.78 is 12.2. The second kappa shape index (κ2) is 10.7. The van der Waals surface area contributed by atoms with Gasteiger partial charge in [0, 0.05) is 10.8 Å². The molecule has 0 fully saturated rings. The van der Waals surface area contributed by atoms with Crippen LogP contribution in [0.3, 0.4) is 0 Å². The molecule has 0 spiro atoms. The summed E-state index contributed by atoms with van der Waals surface area (Å²) in [7, 11) is -3.78. The molecule has 0 saturated heterocycles. The Labute approximate surface area is 221 Å². The first kappa shape index (κ1) is 28.4. The van der Waals surface area contributed by atoms with Crippen molar-refractivity contribution in [2.75, 3.05) is 0 Å². The summed E-state index contributed by atoms with van der Waals surface area (Å²) >= 11 is 0. The number of benzene rings is 1. The van der Waals surface area contributed by atoms with E-state index in [4.69, 9.17) is 8.83 Å². The Morgan fingerprint density at radius 3 is 1.03 bits per heavy atom. The third kappa shape index (κ3) is 4.53. The summed E-state index contributed by atoms with van der Waals surface area (Å²) in [6, 6.07) is 4.07. The van der Waals surface area contributed by atoms with E-state index < -0.39 is 16.1 Å². The number of hydrogen-bond donors (Lipinski definition) is 0. The monoisotopic (exact) mass is 518 g/mol. The molecule has 0 bridgehead atoms. The maximum atomic E-state index is 6.10. The van der Waals surface area contributed by atoms with Gasteiger partial charge >= 0.3 is 0 Å². The summed E-state index contributed by atoms with van der Waals surface area (Å²) in [6.07, 6.45) is 3.55. The summed E-state index contributed by atoms with van der Waals surface area (Å²) in [5.41, 5.74) is 14.8. The van der Waals surface area contributed by atoms with Crippen LogP contribution in [0.5, 0.6) is 0 Å². The van der Waals surface area contributed by atoms with Crippen LogP contribution in [-0.2, 0) is 0 Å². The van der Waals surface area contributed by atoms with Gasteiger partial charge in [-0.15, -0.1) is 11.1 Å². The molecule has 0 amide bonds. The Kier molecular flexibility index (Phi) is 8.44. The van der Waals surface area contributed by atoms with E-state index in [2.05, 4.69) is 106 Å². The third-order valence-electron chi connectivity index (χ3n) is 8.86. The zero-order valence-corrected chi connectivity index (χ0v) is 26.6. The van der Waals surface area contributed by atoms with Gasteiger partial charge in [0.2, 0.25) is 0 Å². The molecule has 0 saturated carbocycles. The van der Waals surface area contributed by atoms with Crippen LogP contribution in [-0.4, -0.2) is 16.1 Å². The Bertz CT molecular complexity index is 1130. The van der Waals surface area contributed by atoms with Crippen LogP contribution in [0.1, 0.15) is 94.2 Å². The van der Waals surface area contributed by atoms with Gasteiger partial charge in [-0.2, -0.15) is 0 Å². The molecule has 36 heavy (non-hydrogen) atoms. The predicted molar refractivity (Wildman–Crippen MR) is 162 cm³/mol. The van der Waals surface area contributed by atoms with Crippen LogP contribution in [0.15, 0.2) is 33.5 Å². The van der Waals surface area contributed by atoms with Crippen LogP contribution in [0, 0.1) is 22.9 Å². The fraction of sp³-hybridized carbons (Fsp3) is 0.562. The average Bonchev–Trinajstić information content (AvgIpc) is 3.43. The normalized spacial score (nSPS) is 12.9. The van der Waals surface area contributed by atoms with E-state index in [1.165, 1.54) is 0 Å². The average molecular weight is 519 g/mol. The summed E-state index contributed by atoms with van der Waals surface area (Å²) in [6.45, 7) is 28.2. The Morgan fingerprint density at radius 1 is 0.500 bits per heavy atom. The fourth-order valence-corrected chi connectivity index (χ4v) is 17.5. The molecule has 0 aliphatic heterocycles. The topological polar surface area (TPSA) is 26.3 Å². The van der Waals surface area contributed by atoms with Crippen molar-refractivity contribution in [1.29, 1.82) is 0 Å². The molecule has 0 N–H and O–H groups in total. The van der Waals surface area contributed by atoms with Crippen LogP contribution in [0.25, 0.3) is 21.9 Å². The lowest BCUT2D eigenvalue weighted by atomic mass is 10.0. The summed E-state index contributed by atoms with van der Waals surface area (Å²) in [5, 5.41) is 2.03. The quantitative estimate of drug-likeness (QED) is 0.239. The minimum Gasteiger partial charge on any atom is -0.463 e. The Balaban J connectivity index is 2.33. The van der Waals surface area contributed by atoms with Crippen molar-refractivity contribution in [3.05, 3.63) is 35.8 Å². The maximum absolute atomic E-state index is 6.10. The van der Waals surface area contributed by atoms with Gasteiger partial charge in [0.15, 0.2) is 11.2 Å². The zero-order chi connectivity index (χ0) is 27.0. The second-order valence-corrected chi connectivity index (χ2v) is 23.5. The highest BCUT2D eigenvalue weighted by Gasteiger charge is 2.43. The molecule has 2 aromatic heterocycles. The van der Waals surface area contributed by atoms with Crippen molar-refractivity contribution >= 4 is 38.1 Å². The summed E-state index contributed by atoms with van der Waals surface area (Å²) in [4.78, 5) is 0. The number of hydrogen-bond acceptors (Lipinski definition) is 2. The van der Waals surface area contributed by atoms with Gasteiger partial charge in [0.05, 0.1) is 23.7 Å². The van der Waals surface area contributed by atoms with Gasteiger partial charge in [-0.3, -0.25) is 0 Å². The Hall–Kier alpha value is -2.15. The molecular formula is C32H46O2Si2. The van der Waals surface area contributed by atoms with Crippen molar-refractivity contribution in [2.24, 2.45) is 0 Å². The van der Waals surface area contributed by atoms with Crippen LogP contribution in [0.4, 0.5) is 0 Å². The van der Waals surface area contributed by atoms with Crippen LogP contribution in [0.2, 0.25) is 33.2 Å². The molecule has 2 nitrogen and oxygen atoms in total. The smallest absolute Gasteiger partial charge is 0.151 e. The van der Waals surface area contributed by atoms with Crippen LogP contribution >= 0.6 is 0 Å². The lowest BCUT2D eigenvalue weighted by molar-refractivity contribution is 0.611. The minimum absolute atomic E-state index is 0.572. The number of furan rings is 2. The van der Waals surface area contributed by atoms with Crippen molar-refractivity contribution < 1.29 is 8.83 Å². The maximum Gasteiger partial charge on any atom is 0.151 e. The number of fused-ring (bicyclic) bond motifs is 2. The molecule has 2 heterocycles. The highest BCUT2D eigenvalue weighted by molar-refractivity contribution is 6.91. The molecule has 194 valence electrons.